The number of aryl methyl sites for hydroxylation is 1. The van der Waals surface area contributed by atoms with Crippen LogP contribution in [0.2, 0.25) is 5.02 Å². The monoisotopic (exact) mass is 348 g/mol. The number of unbranched alkanes of at least 4 members (excludes halogenated alkanes) is 1. The number of halogens is 1. The molecule has 1 aromatic heterocycles. The van der Waals surface area contributed by atoms with Crippen molar-refractivity contribution in [2.24, 2.45) is 5.73 Å². The van der Waals surface area contributed by atoms with Crippen LogP contribution in [0, 0.1) is 0 Å². The Bertz CT molecular complexity index is 1030. The molecule has 4 rings (SSSR count). The Balaban J connectivity index is 1.95. The summed E-state index contributed by atoms with van der Waals surface area (Å²) in [6.07, 6.45) is 3.14. The van der Waals surface area contributed by atoms with Gasteiger partial charge in [0, 0.05) is 21.5 Å². The van der Waals surface area contributed by atoms with Crippen LogP contribution >= 0.6 is 11.6 Å². The molecule has 0 radical (unpaired) electrons. The van der Waals surface area contributed by atoms with Gasteiger partial charge in [-0.2, -0.15) is 0 Å². The molecule has 0 saturated heterocycles. The molecule has 0 aliphatic rings. The minimum absolute atomic E-state index is 0.734. The summed E-state index contributed by atoms with van der Waals surface area (Å²) in [6.45, 7) is 0.734. The van der Waals surface area contributed by atoms with Crippen molar-refractivity contribution in [1.82, 2.24) is 4.98 Å². The number of aromatic amines is 1. The molecule has 2 nitrogen and oxygen atoms in total. The molecule has 0 spiro atoms. The van der Waals surface area contributed by atoms with Crippen molar-refractivity contribution in [3.8, 4) is 11.3 Å². The first-order valence-corrected chi connectivity index (χ1v) is 9.14. The van der Waals surface area contributed by atoms with Crippen molar-refractivity contribution in [3.05, 3.63) is 71.2 Å². The molecule has 3 N–H and O–H groups in total. The van der Waals surface area contributed by atoms with Crippen molar-refractivity contribution in [2.45, 2.75) is 19.3 Å². The summed E-state index contributed by atoms with van der Waals surface area (Å²) in [5.41, 5.74) is 10.6. The highest BCUT2D eigenvalue weighted by Gasteiger charge is 2.15. The highest BCUT2D eigenvalue weighted by molar-refractivity contribution is 6.30. The quantitative estimate of drug-likeness (QED) is 0.432. The van der Waals surface area contributed by atoms with Gasteiger partial charge in [0.25, 0.3) is 0 Å². The second kappa shape index (κ2) is 6.91. The SMILES string of the molecule is NCCCCc1c(-c2cccc(Cl)c2)[nH]c2c1ccc1ccccc12. The van der Waals surface area contributed by atoms with E-state index in [1.807, 2.05) is 18.2 Å². The fourth-order valence-electron chi connectivity index (χ4n) is 3.59. The van der Waals surface area contributed by atoms with Gasteiger partial charge in [-0.25, -0.2) is 0 Å². The third-order valence-corrected chi connectivity index (χ3v) is 5.04. The van der Waals surface area contributed by atoms with E-state index in [0.29, 0.717) is 0 Å². The summed E-state index contributed by atoms with van der Waals surface area (Å²) in [5, 5.41) is 4.57. The van der Waals surface area contributed by atoms with Crippen LogP contribution in [0.1, 0.15) is 18.4 Å². The van der Waals surface area contributed by atoms with E-state index in [-0.39, 0.29) is 0 Å². The molecule has 0 aliphatic carbocycles. The number of fused-ring (bicyclic) bond motifs is 3. The van der Waals surface area contributed by atoms with E-state index >= 15 is 0 Å². The van der Waals surface area contributed by atoms with Crippen molar-refractivity contribution < 1.29 is 0 Å². The zero-order chi connectivity index (χ0) is 17.2. The molecule has 4 aromatic rings. The van der Waals surface area contributed by atoms with Gasteiger partial charge in [-0.05, 0) is 54.5 Å². The molecule has 0 atom stereocenters. The van der Waals surface area contributed by atoms with E-state index in [1.54, 1.807) is 0 Å². The molecule has 0 aliphatic heterocycles. The van der Waals surface area contributed by atoms with Gasteiger partial charge in [0.05, 0.1) is 5.52 Å². The number of nitrogens with two attached hydrogens (primary N) is 1. The van der Waals surface area contributed by atoms with E-state index in [4.69, 9.17) is 17.3 Å². The first kappa shape index (κ1) is 16.2. The number of hydrogen-bond donors (Lipinski definition) is 2. The van der Waals surface area contributed by atoms with Crippen LogP contribution in [0.25, 0.3) is 32.9 Å². The van der Waals surface area contributed by atoms with Crippen molar-refractivity contribution >= 4 is 33.3 Å². The van der Waals surface area contributed by atoms with E-state index < -0.39 is 0 Å². The predicted molar refractivity (Wildman–Crippen MR) is 108 cm³/mol. The molecular formula is C22H21ClN2. The van der Waals surface area contributed by atoms with Gasteiger partial charge in [-0.3, -0.25) is 0 Å². The third-order valence-electron chi connectivity index (χ3n) is 4.80. The van der Waals surface area contributed by atoms with Gasteiger partial charge in [-0.15, -0.1) is 0 Å². The van der Waals surface area contributed by atoms with Crippen LogP contribution in [0.4, 0.5) is 0 Å². The maximum absolute atomic E-state index is 6.24. The number of aromatic nitrogens is 1. The van der Waals surface area contributed by atoms with Gasteiger partial charge >= 0.3 is 0 Å². The Morgan fingerprint density at radius 2 is 1.76 bits per heavy atom. The standard InChI is InChI=1S/C22H21ClN2/c23-17-8-5-7-16(14-17)21-19(10-3-4-13-24)20-12-11-15-6-1-2-9-18(15)22(20)25-21/h1-2,5-9,11-12,14,25H,3-4,10,13,24H2. The van der Waals surface area contributed by atoms with Gasteiger partial charge in [-0.1, -0.05) is 60.1 Å². The average molecular weight is 349 g/mol. The van der Waals surface area contributed by atoms with Gasteiger partial charge < -0.3 is 10.7 Å². The Hall–Kier alpha value is -2.29. The smallest absolute Gasteiger partial charge is 0.0541 e. The molecule has 0 unspecified atom stereocenters. The third kappa shape index (κ3) is 3.04. The summed E-state index contributed by atoms with van der Waals surface area (Å²) in [5.74, 6) is 0. The highest BCUT2D eigenvalue weighted by Crippen LogP contribution is 2.35. The predicted octanol–water partition coefficient (Wildman–Crippen LogP) is 5.92. The molecule has 0 saturated carbocycles. The summed E-state index contributed by atoms with van der Waals surface area (Å²) >= 11 is 6.24. The second-order valence-electron chi connectivity index (χ2n) is 6.44. The lowest BCUT2D eigenvalue weighted by Crippen LogP contribution is -1.99. The molecule has 3 heteroatoms. The lowest BCUT2D eigenvalue weighted by Gasteiger charge is -2.06. The second-order valence-corrected chi connectivity index (χ2v) is 6.88. The van der Waals surface area contributed by atoms with Crippen molar-refractivity contribution in [3.63, 3.8) is 0 Å². The molecule has 25 heavy (non-hydrogen) atoms. The van der Waals surface area contributed by atoms with Crippen LogP contribution < -0.4 is 5.73 Å². The largest absolute Gasteiger partial charge is 0.354 e. The summed E-state index contributed by atoms with van der Waals surface area (Å²) < 4.78 is 0. The Morgan fingerprint density at radius 3 is 2.60 bits per heavy atom. The van der Waals surface area contributed by atoms with Gasteiger partial charge in [0.1, 0.15) is 0 Å². The molecule has 0 fully saturated rings. The average Bonchev–Trinajstić information content (AvgIpc) is 3.01. The number of hydrogen-bond acceptors (Lipinski definition) is 1. The molecule has 3 aromatic carbocycles. The lowest BCUT2D eigenvalue weighted by molar-refractivity contribution is 0.748. The van der Waals surface area contributed by atoms with Crippen molar-refractivity contribution in [2.75, 3.05) is 6.54 Å². The summed E-state index contributed by atoms with van der Waals surface area (Å²) in [6, 6.07) is 21.0. The Kier molecular flexibility index (Phi) is 4.48. The molecule has 0 bridgehead atoms. The van der Waals surface area contributed by atoms with E-state index in [0.717, 1.165) is 36.4 Å². The van der Waals surface area contributed by atoms with Crippen LogP contribution in [0.15, 0.2) is 60.7 Å². The molecular weight excluding hydrogens is 328 g/mol. The van der Waals surface area contributed by atoms with Gasteiger partial charge in [0.2, 0.25) is 0 Å². The summed E-state index contributed by atoms with van der Waals surface area (Å²) in [4.78, 5) is 3.69. The zero-order valence-corrected chi connectivity index (χ0v) is 14.8. The Morgan fingerprint density at radius 1 is 0.880 bits per heavy atom. The lowest BCUT2D eigenvalue weighted by atomic mass is 9.99. The number of rotatable bonds is 5. The molecule has 126 valence electrons. The van der Waals surface area contributed by atoms with E-state index in [1.165, 1.54) is 32.9 Å². The fourth-order valence-corrected chi connectivity index (χ4v) is 3.78. The Labute approximate surface area is 152 Å². The zero-order valence-electron chi connectivity index (χ0n) is 14.1. The maximum Gasteiger partial charge on any atom is 0.0541 e. The van der Waals surface area contributed by atoms with Gasteiger partial charge in [0.15, 0.2) is 0 Å². The van der Waals surface area contributed by atoms with E-state index in [9.17, 15) is 0 Å². The number of nitrogens with one attached hydrogen (secondary N) is 1. The fraction of sp³-hybridized carbons (Fsp3) is 0.182. The highest BCUT2D eigenvalue weighted by atomic mass is 35.5. The summed E-state index contributed by atoms with van der Waals surface area (Å²) in [7, 11) is 0. The topological polar surface area (TPSA) is 41.8 Å². The minimum Gasteiger partial charge on any atom is -0.354 e. The van der Waals surface area contributed by atoms with Crippen molar-refractivity contribution in [1.29, 1.82) is 0 Å². The normalized spacial score (nSPS) is 11.4. The van der Waals surface area contributed by atoms with Crippen LogP contribution in [0.3, 0.4) is 0 Å². The van der Waals surface area contributed by atoms with Crippen LogP contribution in [0.5, 0.6) is 0 Å². The first-order valence-electron chi connectivity index (χ1n) is 8.76. The molecule has 0 amide bonds. The number of benzene rings is 3. The van der Waals surface area contributed by atoms with Crippen LogP contribution in [-0.2, 0) is 6.42 Å². The minimum atomic E-state index is 0.734. The molecule has 1 heterocycles. The van der Waals surface area contributed by atoms with E-state index in [2.05, 4.69) is 47.4 Å². The van der Waals surface area contributed by atoms with Crippen LogP contribution in [-0.4, -0.2) is 11.5 Å². The maximum atomic E-state index is 6.24. The first-order chi connectivity index (χ1) is 12.3. The number of H-pyrrole nitrogens is 1.